The largest absolute Gasteiger partial charge is 0.468 e. The van der Waals surface area contributed by atoms with Gasteiger partial charge in [-0.05, 0) is 43.7 Å². The smallest absolute Gasteiger partial charge is 0.117 e. The van der Waals surface area contributed by atoms with E-state index >= 15 is 0 Å². The van der Waals surface area contributed by atoms with Crippen LogP contribution in [0.15, 0.2) is 22.8 Å². The van der Waals surface area contributed by atoms with E-state index in [-0.39, 0.29) is 0 Å². The van der Waals surface area contributed by atoms with E-state index in [0.29, 0.717) is 13.1 Å². The van der Waals surface area contributed by atoms with Crippen LogP contribution >= 0.6 is 0 Å². The van der Waals surface area contributed by atoms with Gasteiger partial charge in [-0.2, -0.15) is 0 Å². The van der Waals surface area contributed by atoms with Crippen LogP contribution in [0.25, 0.3) is 0 Å². The topological polar surface area (TPSA) is 45.4 Å². The maximum Gasteiger partial charge on any atom is 0.117 e. The van der Waals surface area contributed by atoms with Gasteiger partial charge in [0.2, 0.25) is 0 Å². The molecule has 3 nitrogen and oxygen atoms in total. The molecule has 0 amide bonds. The van der Waals surface area contributed by atoms with Crippen molar-refractivity contribution in [2.24, 2.45) is 5.92 Å². The fourth-order valence-electron chi connectivity index (χ4n) is 2.63. The number of furan rings is 1. The molecular weight excluding hydrogens is 214 g/mol. The Labute approximate surface area is 103 Å². The number of hydrogen-bond acceptors (Lipinski definition) is 3. The first kappa shape index (κ1) is 12.7. The van der Waals surface area contributed by atoms with Crippen LogP contribution in [0.4, 0.5) is 0 Å². The van der Waals surface area contributed by atoms with Crippen LogP contribution < -0.4 is 5.32 Å². The zero-order valence-electron chi connectivity index (χ0n) is 10.6. The highest BCUT2D eigenvalue weighted by molar-refractivity contribution is 4.98. The fourth-order valence-corrected chi connectivity index (χ4v) is 2.63. The van der Waals surface area contributed by atoms with E-state index in [4.69, 9.17) is 4.42 Å². The molecule has 96 valence electrons. The van der Waals surface area contributed by atoms with Crippen molar-refractivity contribution in [2.75, 3.05) is 6.54 Å². The van der Waals surface area contributed by atoms with Gasteiger partial charge in [-0.1, -0.05) is 13.3 Å². The molecule has 1 aliphatic carbocycles. The van der Waals surface area contributed by atoms with Crippen molar-refractivity contribution >= 4 is 0 Å². The average molecular weight is 237 g/mol. The molecular formula is C14H23NO2. The summed E-state index contributed by atoms with van der Waals surface area (Å²) in [7, 11) is 0. The third-order valence-corrected chi connectivity index (χ3v) is 3.95. The van der Waals surface area contributed by atoms with E-state index in [1.54, 1.807) is 6.26 Å². The summed E-state index contributed by atoms with van der Waals surface area (Å²) in [5.41, 5.74) is -0.502. The number of rotatable bonds is 5. The quantitative estimate of drug-likeness (QED) is 0.827. The fraction of sp³-hybridized carbons (Fsp3) is 0.714. The van der Waals surface area contributed by atoms with Gasteiger partial charge in [0.1, 0.15) is 5.76 Å². The van der Waals surface area contributed by atoms with Gasteiger partial charge in [-0.25, -0.2) is 0 Å². The normalized spacial score (nSPS) is 29.4. The average Bonchev–Trinajstić information content (AvgIpc) is 2.83. The molecule has 1 aliphatic rings. The van der Waals surface area contributed by atoms with Crippen LogP contribution in [-0.4, -0.2) is 17.3 Å². The van der Waals surface area contributed by atoms with Crippen molar-refractivity contribution in [3.8, 4) is 0 Å². The van der Waals surface area contributed by atoms with E-state index in [9.17, 15) is 5.11 Å². The zero-order chi connectivity index (χ0) is 12.1. The standard InChI is InChI=1S/C14H23NO2/c1-2-12-5-7-14(16,8-6-12)11-15-10-13-4-3-9-17-13/h3-4,9,12,15-16H,2,5-8,10-11H2,1H3. The minimum Gasteiger partial charge on any atom is -0.468 e. The van der Waals surface area contributed by atoms with Gasteiger partial charge in [0.05, 0.1) is 18.4 Å². The molecule has 1 aromatic rings. The van der Waals surface area contributed by atoms with E-state index in [0.717, 1.165) is 37.4 Å². The van der Waals surface area contributed by atoms with Gasteiger partial charge in [-0.15, -0.1) is 0 Å². The van der Waals surface area contributed by atoms with Gasteiger partial charge in [0, 0.05) is 6.54 Å². The highest BCUT2D eigenvalue weighted by Gasteiger charge is 2.32. The third kappa shape index (κ3) is 3.58. The lowest BCUT2D eigenvalue weighted by Crippen LogP contribution is -2.43. The van der Waals surface area contributed by atoms with Gasteiger partial charge < -0.3 is 14.8 Å². The van der Waals surface area contributed by atoms with E-state index < -0.39 is 5.60 Å². The van der Waals surface area contributed by atoms with Gasteiger partial charge in [-0.3, -0.25) is 0 Å². The van der Waals surface area contributed by atoms with Crippen LogP contribution in [-0.2, 0) is 6.54 Å². The summed E-state index contributed by atoms with van der Waals surface area (Å²) >= 11 is 0. The van der Waals surface area contributed by atoms with Crippen LogP contribution in [0.1, 0.15) is 44.8 Å². The lowest BCUT2D eigenvalue weighted by atomic mass is 9.78. The summed E-state index contributed by atoms with van der Waals surface area (Å²) < 4.78 is 5.25. The molecule has 0 saturated heterocycles. The molecule has 2 rings (SSSR count). The molecule has 0 aliphatic heterocycles. The highest BCUT2D eigenvalue weighted by atomic mass is 16.3. The molecule has 0 aromatic carbocycles. The maximum atomic E-state index is 10.4. The van der Waals surface area contributed by atoms with Crippen LogP contribution in [0.2, 0.25) is 0 Å². The second-order valence-electron chi connectivity index (χ2n) is 5.26. The predicted molar refractivity (Wildman–Crippen MR) is 67.6 cm³/mol. The number of hydrogen-bond donors (Lipinski definition) is 2. The summed E-state index contributed by atoms with van der Waals surface area (Å²) in [4.78, 5) is 0. The summed E-state index contributed by atoms with van der Waals surface area (Å²) in [5, 5.41) is 13.7. The first-order chi connectivity index (χ1) is 8.22. The Morgan fingerprint density at radius 2 is 2.24 bits per heavy atom. The van der Waals surface area contributed by atoms with Crippen LogP contribution in [0.5, 0.6) is 0 Å². The molecule has 1 aromatic heterocycles. The molecule has 0 atom stereocenters. The van der Waals surface area contributed by atoms with Crippen LogP contribution in [0, 0.1) is 5.92 Å². The maximum absolute atomic E-state index is 10.4. The number of nitrogens with one attached hydrogen (secondary N) is 1. The highest BCUT2D eigenvalue weighted by Crippen LogP contribution is 2.33. The van der Waals surface area contributed by atoms with Crippen molar-refractivity contribution in [2.45, 2.75) is 51.2 Å². The lowest BCUT2D eigenvalue weighted by molar-refractivity contribution is -0.00906. The number of aliphatic hydroxyl groups is 1. The SMILES string of the molecule is CCC1CCC(O)(CNCc2ccco2)CC1. The Kier molecular flexibility index (Phi) is 4.24. The Morgan fingerprint density at radius 3 is 2.82 bits per heavy atom. The van der Waals surface area contributed by atoms with E-state index in [2.05, 4.69) is 12.2 Å². The van der Waals surface area contributed by atoms with Crippen molar-refractivity contribution in [1.29, 1.82) is 0 Å². The third-order valence-electron chi connectivity index (χ3n) is 3.95. The van der Waals surface area contributed by atoms with E-state index in [1.807, 2.05) is 12.1 Å². The molecule has 0 unspecified atom stereocenters. The Balaban J connectivity index is 1.71. The molecule has 1 saturated carbocycles. The summed E-state index contributed by atoms with van der Waals surface area (Å²) in [5.74, 6) is 1.75. The molecule has 0 bridgehead atoms. The lowest BCUT2D eigenvalue weighted by Gasteiger charge is -2.35. The van der Waals surface area contributed by atoms with Crippen LogP contribution in [0.3, 0.4) is 0 Å². The Morgan fingerprint density at radius 1 is 1.47 bits per heavy atom. The van der Waals surface area contributed by atoms with Gasteiger partial charge in [0.25, 0.3) is 0 Å². The summed E-state index contributed by atoms with van der Waals surface area (Å²) in [6.45, 7) is 3.61. The minimum atomic E-state index is -0.502. The molecule has 1 heterocycles. The first-order valence-corrected chi connectivity index (χ1v) is 6.67. The monoisotopic (exact) mass is 237 g/mol. The second-order valence-corrected chi connectivity index (χ2v) is 5.26. The Bertz CT molecular complexity index is 313. The van der Waals surface area contributed by atoms with Crippen molar-refractivity contribution < 1.29 is 9.52 Å². The second kappa shape index (κ2) is 5.69. The summed E-state index contributed by atoms with van der Waals surface area (Å²) in [6, 6.07) is 3.84. The molecule has 2 N–H and O–H groups in total. The molecule has 17 heavy (non-hydrogen) atoms. The van der Waals surface area contributed by atoms with Crippen molar-refractivity contribution in [3.05, 3.63) is 24.2 Å². The molecule has 0 spiro atoms. The van der Waals surface area contributed by atoms with Gasteiger partial charge in [0.15, 0.2) is 0 Å². The minimum absolute atomic E-state index is 0.502. The van der Waals surface area contributed by atoms with E-state index in [1.165, 1.54) is 6.42 Å². The van der Waals surface area contributed by atoms with Crippen molar-refractivity contribution in [1.82, 2.24) is 5.32 Å². The Hall–Kier alpha value is -0.800. The molecule has 0 radical (unpaired) electrons. The molecule has 1 fully saturated rings. The predicted octanol–water partition coefficient (Wildman–Crippen LogP) is 2.70. The van der Waals surface area contributed by atoms with Gasteiger partial charge >= 0.3 is 0 Å². The van der Waals surface area contributed by atoms with Crippen molar-refractivity contribution in [3.63, 3.8) is 0 Å². The molecule has 3 heteroatoms. The zero-order valence-corrected chi connectivity index (χ0v) is 10.6. The summed E-state index contributed by atoms with van der Waals surface area (Å²) in [6.07, 6.45) is 7.10. The first-order valence-electron chi connectivity index (χ1n) is 6.67.